The zero-order valence-corrected chi connectivity index (χ0v) is 17.0. The molecular weight excluding hydrogens is 418 g/mol. The van der Waals surface area contributed by atoms with Crippen LogP contribution in [0.3, 0.4) is 0 Å². The quantitative estimate of drug-likeness (QED) is 0.503. The molecule has 0 aliphatic rings. The predicted molar refractivity (Wildman–Crippen MR) is 105 cm³/mol. The van der Waals surface area contributed by atoms with Crippen molar-refractivity contribution in [2.75, 3.05) is 19.5 Å². The third kappa shape index (κ3) is 6.38. The summed E-state index contributed by atoms with van der Waals surface area (Å²) in [4.78, 5) is 24.7. The van der Waals surface area contributed by atoms with Crippen molar-refractivity contribution in [3.63, 3.8) is 0 Å². The lowest BCUT2D eigenvalue weighted by Gasteiger charge is -2.10. The molecule has 0 heterocycles. The van der Waals surface area contributed by atoms with E-state index in [9.17, 15) is 9.59 Å². The van der Waals surface area contributed by atoms with Gasteiger partial charge in [0.05, 0.1) is 12.9 Å². The number of esters is 1. The summed E-state index contributed by atoms with van der Waals surface area (Å²) >= 11 is 4.79. The first-order valence-corrected chi connectivity index (χ1v) is 9.70. The van der Waals surface area contributed by atoms with Crippen molar-refractivity contribution in [1.29, 1.82) is 0 Å². The molecule has 138 valence electrons. The van der Waals surface area contributed by atoms with Gasteiger partial charge in [0.1, 0.15) is 5.75 Å². The van der Waals surface area contributed by atoms with Crippen LogP contribution in [0.4, 0.5) is 0 Å². The van der Waals surface area contributed by atoms with E-state index in [2.05, 4.69) is 21.2 Å². The molecule has 0 aliphatic carbocycles. The number of para-hydroxylation sites is 1. The van der Waals surface area contributed by atoms with Crippen LogP contribution in [0, 0.1) is 6.92 Å². The highest BCUT2D eigenvalue weighted by Crippen LogP contribution is 2.25. The number of hydrogen-bond acceptors (Lipinski definition) is 5. The summed E-state index contributed by atoms with van der Waals surface area (Å²) in [5, 5.41) is 2.71. The maximum atomic E-state index is 11.8. The Balaban J connectivity index is 1.72. The highest BCUT2D eigenvalue weighted by molar-refractivity contribution is 9.10. The molecule has 0 radical (unpaired) electrons. The number of hydrogen-bond donors (Lipinski definition) is 1. The van der Waals surface area contributed by atoms with Crippen LogP contribution in [0.15, 0.2) is 51.8 Å². The molecule has 0 atom stereocenters. The van der Waals surface area contributed by atoms with Crippen LogP contribution < -0.4 is 10.1 Å². The lowest BCUT2D eigenvalue weighted by atomic mass is 10.2. The highest BCUT2D eigenvalue weighted by atomic mass is 79.9. The molecule has 2 rings (SSSR count). The lowest BCUT2D eigenvalue weighted by Crippen LogP contribution is -2.28. The number of benzene rings is 2. The van der Waals surface area contributed by atoms with E-state index >= 15 is 0 Å². The Hall–Kier alpha value is -1.99. The van der Waals surface area contributed by atoms with Gasteiger partial charge in [-0.05, 0) is 36.8 Å². The molecule has 5 nitrogen and oxygen atoms in total. The standard InChI is InChI=1S/C19H20BrNO4S/c1-13-9-15(20)7-8-17(13)26-12-19(23)25-11-18(22)21-10-14-5-3-4-6-16(14)24-2/h3-9H,10-12H2,1-2H3,(H,21,22). The van der Waals surface area contributed by atoms with E-state index in [1.807, 2.05) is 49.4 Å². The van der Waals surface area contributed by atoms with Crippen LogP contribution in [0.5, 0.6) is 5.75 Å². The first kappa shape index (κ1) is 20.3. The molecule has 1 amide bonds. The fourth-order valence-electron chi connectivity index (χ4n) is 2.19. The fraction of sp³-hybridized carbons (Fsp3) is 0.263. The summed E-state index contributed by atoms with van der Waals surface area (Å²) in [6.07, 6.45) is 0. The molecule has 0 fully saturated rings. The first-order valence-electron chi connectivity index (χ1n) is 7.92. The van der Waals surface area contributed by atoms with E-state index in [4.69, 9.17) is 9.47 Å². The van der Waals surface area contributed by atoms with Crippen molar-refractivity contribution in [3.8, 4) is 5.75 Å². The van der Waals surface area contributed by atoms with Gasteiger partial charge in [0.25, 0.3) is 5.91 Å². The van der Waals surface area contributed by atoms with Crippen LogP contribution in [-0.4, -0.2) is 31.3 Å². The van der Waals surface area contributed by atoms with Gasteiger partial charge < -0.3 is 14.8 Å². The van der Waals surface area contributed by atoms with E-state index in [-0.39, 0.29) is 18.3 Å². The number of methoxy groups -OCH3 is 1. The van der Waals surface area contributed by atoms with E-state index in [1.54, 1.807) is 7.11 Å². The van der Waals surface area contributed by atoms with Gasteiger partial charge >= 0.3 is 5.97 Å². The zero-order chi connectivity index (χ0) is 18.9. The maximum absolute atomic E-state index is 11.8. The largest absolute Gasteiger partial charge is 0.496 e. The number of nitrogens with one attached hydrogen (secondary N) is 1. The van der Waals surface area contributed by atoms with Crippen molar-refractivity contribution in [3.05, 3.63) is 58.1 Å². The average Bonchev–Trinajstić information content (AvgIpc) is 2.64. The summed E-state index contributed by atoms with van der Waals surface area (Å²) in [7, 11) is 1.58. The van der Waals surface area contributed by atoms with Crippen LogP contribution in [0.1, 0.15) is 11.1 Å². The summed E-state index contributed by atoms with van der Waals surface area (Å²) in [6.45, 7) is 1.99. The number of amides is 1. The van der Waals surface area contributed by atoms with Crippen LogP contribution in [0.2, 0.25) is 0 Å². The predicted octanol–water partition coefficient (Wildman–Crippen LogP) is 3.72. The van der Waals surface area contributed by atoms with Crippen molar-refractivity contribution in [2.45, 2.75) is 18.4 Å². The zero-order valence-electron chi connectivity index (χ0n) is 14.6. The van der Waals surface area contributed by atoms with Crippen LogP contribution >= 0.6 is 27.7 Å². The number of rotatable bonds is 8. The normalized spacial score (nSPS) is 10.3. The van der Waals surface area contributed by atoms with E-state index in [0.717, 1.165) is 20.5 Å². The molecule has 0 aliphatic heterocycles. The second-order valence-corrected chi connectivity index (χ2v) is 7.38. The Morgan fingerprint density at radius 2 is 1.96 bits per heavy atom. The Morgan fingerprint density at radius 3 is 2.69 bits per heavy atom. The summed E-state index contributed by atoms with van der Waals surface area (Å²) < 4.78 is 11.2. The molecule has 0 spiro atoms. The van der Waals surface area contributed by atoms with Gasteiger partial charge in [-0.15, -0.1) is 11.8 Å². The smallest absolute Gasteiger partial charge is 0.316 e. The summed E-state index contributed by atoms with van der Waals surface area (Å²) in [5.74, 6) is 0.0762. The SMILES string of the molecule is COc1ccccc1CNC(=O)COC(=O)CSc1ccc(Br)cc1C. The Labute approximate surface area is 165 Å². The van der Waals surface area contributed by atoms with Crippen molar-refractivity contribution in [2.24, 2.45) is 0 Å². The molecule has 0 saturated carbocycles. The average molecular weight is 438 g/mol. The molecule has 0 saturated heterocycles. The minimum atomic E-state index is -0.426. The molecular formula is C19H20BrNO4S. The summed E-state index contributed by atoms with van der Waals surface area (Å²) in [6, 6.07) is 13.3. The van der Waals surface area contributed by atoms with Gasteiger partial charge in [-0.25, -0.2) is 0 Å². The van der Waals surface area contributed by atoms with Crippen LogP contribution in [0.25, 0.3) is 0 Å². The Bertz CT molecular complexity index is 782. The number of carbonyl (C=O) groups excluding carboxylic acids is 2. The van der Waals surface area contributed by atoms with E-state index in [0.29, 0.717) is 12.3 Å². The van der Waals surface area contributed by atoms with Gasteiger partial charge in [0, 0.05) is 21.5 Å². The molecule has 2 aromatic rings. The minimum Gasteiger partial charge on any atom is -0.496 e. The molecule has 7 heteroatoms. The highest BCUT2D eigenvalue weighted by Gasteiger charge is 2.10. The number of halogens is 1. The van der Waals surface area contributed by atoms with Gasteiger partial charge in [0.2, 0.25) is 0 Å². The van der Waals surface area contributed by atoms with E-state index < -0.39 is 5.97 Å². The number of ether oxygens (including phenoxy) is 2. The Morgan fingerprint density at radius 1 is 1.19 bits per heavy atom. The molecule has 26 heavy (non-hydrogen) atoms. The third-order valence-corrected chi connectivity index (χ3v) is 5.16. The van der Waals surface area contributed by atoms with Crippen LogP contribution in [-0.2, 0) is 20.9 Å². The minimum absolute atomic E-state index is 0.155. The van der Waals surface area contributed by atoms with Crippen molar-refractivity contribution >= 4 is 39.6 Å². The molecule has 0 unspecified atom stereocenters. The van der Waals surface area contributed by atoms with Crippen molar-refractivity contribution in [1.82, 2.24) is 5.32 Å². The lowest BCUT2D eigenvalue weighted by molar-refractivity contribution is -0.145. The van der Waals surface area contributed by atoms with Crippen molar-refractivity contribution < 1.29 is 19.1 Å². The first-order chi connectivity index (χ1) is 12.5. The number of thioether (sulfide) groups is 1. The van der Waals surface area contributed by atoms with Gasteiger partial charge in [-0.2, -0.15) is 0 Å². The third-order valence-electron chi connectivity index (χ3n) is 3.52. The maximum Gasteiger partial charge on any atom is 0.316 e. The van der Waals surface area contributed by atoms with E-state index in [1.165, 1.54) is 11.8 Å². The molecule has 2 aromatic carbocycles. The Kier molecular flexibility index (Phi) is 8.00. The summed E-state index contributed by atoms with van der Waals surface area (Å²) in [5.41, 5.74) is 1.93. The van der Waals surface area contributed by atoms with Gasteiger partial charge in [0.15, 0.2) is 6.61 Å². The van der Waals surface area contributed by atoms with Gasteiger partial charge in [-0.1, -0.05) is 34.1 Å². The molecule has 1 N–H and O–H groups in total. The second kappa shape index (κ2) is 10.2. The molecule has 0 aromatic heterocycles. The second-order valence-electron chi connectivity index (χ2n) is 5.45. The fourth-order valence-corrected chi connectivity index (χ4v) is 3.48. The number of aryl methyl sites for hydroxylation is 1. The van der Waals surface area contributed by atoms with Gasteiger partial charge in [-0.3, -0.25) is 9.59 Å². The number of carbonyl (C=O) groups is 2. The molecule has 0 bridgehead atoms. The topological polar surface area (TPSA) is 64.6 Å². The monoisotopic (exact) mass is 437 g/mol.